The highest BCUT2D eigenvalue weighted by Crippen LogP contribution is 2.19. The van der Waals surface area contributed by atoms with Gasteiger partial charge >= 0.3 is 5.97 Å². The second-order valence-electron chi connectivity index (χ2n) is 5.18. The zero-order valence-electron chi connectivity index (χ0n) is 13.2. The maximum atomic E-state index is 12.4. The number of carbonyl (C=O) groups excluding carboxylic acids is 1. The van der Waals surface area contributed by atoms with Gasteiger partial charge in [-0.25, -0.2) is 4.79 Å². The van der Waals surface area contributed by atoms with Crippen LogP contribution >= 0.6 is 0 Å². The quantitative estimate of drug-likeness (QED) is 0.885. The Morgan fingerprint density at radius 2 is 1.91 bits per heavy atom. The van der Waals surface area contributed by atoms with Crippen molar-refractivity contribution in [3.8, 4) is 5.75 Å². The number of hydrogen-bond donors (Lipinski definition) is 2. The van der Waals surface area contributed by atoms with Crippen LogP contribution < -0.4 is 10.1 Å². The maximum Gasteiger partial charge on any atom is 0.335 e. The van der Waals surface area contributed by atoms with Crippen LogP contribution in [-0.4, -0.2) is 29.1 Å². The lowest BCUT2D eigenvalue weighted by atomic mass is 10.1. The fraction of sp³-hybridized carbons (Fsp3) is 0.235. The molecule has 120 valence electrons. The number of aromatic nitrogens is 1. The number of ether oxygens (including phenoxy) is 1. The Morgan fingerprint density at radius 1 is 1.22 bits per heavy atom. The second kappa shape index (κ2) is 6.91. The number of rotatable bonds is 5. The first kappa shape index (κ1) is 16.5. The lowest BCUT2D eigenvalue weighted by Crippen LogP contribution is -2.27. The monoisotopic (exact) mass is 314 g/mol. The Hall–Kier alpha value is -2.89. The first-order chi connectivity index (χ1) is 10.9. The number of carbonyl (C=O) groups is 2. The molecule has 2 aromatic rings. The van der Waals surface area contributed by atoms with E-state index in [9.17, 15) is 9.59 Å². The standard InChI is InChI=1S/C17H18N2O4/c1-10-4-5-12(9-18-10)11(2)19-16(20)13-6-14(17(21)22)8-15(7-13)23-3/h4-9,11H,1-3H3,(H,19,20)(H,21,22). The van der Waals surface area contributed by atoms with Gasteiger partial charge < -0.3 is 15.2 Å². The SMILES string of the molecule is COc1cc(C(=O)O)cc(C(=O)NC(C)c2ccc(C)nc2)c1. The molecule has 1 unspecified atom stereocenters. The summed E-state index contributed by atoms with van der Waals surface area (Å²) in [6, 6.07) is 7.69. The first-order valence-corrected chi connectivity index (χ1v) is 7.06. The Morgan fingerprint density at radius 3 is 2.48 bits per heavy atom. The van der Waals surface area contributed by atoms with E-state index in [1.165, 1.54) is 25.3 Å². The summed E-state index contributed by atoms with van der Waals surface area (Å²) in [5.74, 6) is -1.17. The molecule has 0 aliphatic heterocycles. The largest absolute Gasteiger partial charge is 0.497 e. The van der Waals surface area contributed by atoms with Crippen molar-refractivity contribution in [3.63, 3.8) is 0 Å². The third-order valence-corrected chi connectivity index (χ3v) is 3.43. The van der Waals surface area contributed by atoms with Gasteiger partial charge in [0.05, 0.1) is 18.7 Å². The number of aryl methyl sites for hydroxylation is 1. The van der Waals surface area contributed by atoms with Gasteiger partial charge in [0.2, 0.25) is 0 Å². The molecule has 2 N–H and O–H groups in total. The Bertz CT molecular complexity index is 726. The maximum absolute atomic E-state index is 12.4. The van der Waals surface area contributed by atoms with Gasteiger partial charge in [-0.15, -0.1) is 0 Å². The summed E-state index contributed by atoms with van der Waals surface area (Å²) in [7, 11) is 1.42. The number of nitrogens with one attached hydrogen (secondary N) is 1. The number of nitrogens with zero attached hydrogens (tertiary/aromatic N) is 1. The normalized spacial score (nSPS) is 11.6. The number of hydrogen-bond acceptors (Lipinski definition) is 4. The number of methoxy groups -OCH3 is 1. The van der Waals surface area contributed by atoms with Crippen LogP contribution in [0.4, 0.5) is 0 Å². The number of amides is 1. The molecule has 1 amide bonds. The molecule has 1 aromatic heterocycles. The average molecular weight is 314 g/mol. The number of benzene rings is 1. The van der Waals surface area contributed by atoms with Gasteiger partial charge in [-0.1, -0.05) is 6.07 Å². The molecule has 1 atom stereocenters. The van der Waals surface area contributed by atoms with Crippen molar-refractivity contribution in [2.45, 2.75) is 19.9 Å². The summed E-state index contributed by atoms with van der Waals surface area (Å²) in [4.78, 5) is 27.7. The molecule has 0 spiro atoms. The first-order valence-electron chi connectivity index (χ1n) is 7.06. The summed E-state index contributed by atoms with van der Waals surface area (Å²) >= 11 is 0. The van der Waals surface area contributed by atoms with Crippen LogP contribution in [0, 0.1) is 6.92 Å². The van der Waals surface area contributed by atoms with Crippen LogP contribution in [0.3, 0.4) is 0 Å². The van der Waals surface area contributed by atoms with Crippen molar-refractivity contribution in [1.82, 2.24) is 10.3 Å². The zero-order valence-corrected chi connectivity index (χ0v) is 13.2. The molecule has 0 aliphatic carbocycles. The van der Waals surface area contributed by atoms with Crippen LogP contribution in [-0.2, 0) is 0 Å². The molecule has 0 aliphatic rings. The van der Waals surface area contributed by atoms with E-state index in [1.807, 2.05) is 26.0 Å². The van der Waals surface area contributed by atoms with Gasteiger partial charge in [0, 0.05) is 17.5 Å². The van der Waals surface area contributed by atoms with Gasteiger partial charge in [-0.2, -0.15) is 0 Å². The van der Waals surface area contributed by atoms with E-state index in [-0.39, 0.29) is 23.1 Å². The fourth-order valence-electron chi connectivity index (χ4n) is 2.07. The van der Waals surface area contributed by atoms with Crippen LogP contribution in [0.15, 0.2) is 36.5 Å². The Labute approximate surface area is 134 Å². The minimum Gasteiger partial charge on any atom is -0.497 e. The predicted molar refractivity (Wildman–Crippen MR) is 84.8 cm³/mol. The van der Waals surface area contributed by atoms with Crippen molar-refractivity contribution in [2.75, 3.05) is 7.11 Å². The predicted octanol–water partition coefficient (Wildman–Crippen LogP) is 2.59. The van der Waals surface area contributed by atoms with Crippen molar-refractivity contribution in [2.24, 2.45) is 0 Å². The average Bonchev–Trinajstić information content (AvgIpc) is 2.54. The van der Waals surface area contributed by atoms with E-state index in [4.69, 9.17) is 9.84 Å². The molecule has 23 heavy (non-hydrogen) atoms. The Kier molecular flexibility index (Phi) is 4.95. The molecule has 2 rings (SSSR count). The molecule has 6 heteroatoms. The second-order valence-corrected chi connectivity index (χ2v) is 5.18. The van der Waals surface area contributed by atoms with Gasteiger partial charge in [-0.3, -0.25) is 9.78 Å². The third-order valence-electron chi connectivity index (χ3n) is 3.43. The van der Waals surface area contributed by atoms with E-state index in [2.05, 4.69) is 10.3 Å². The van der Waals surface area contributed by atoms with Crippen molar-refractivity contribution >= 4 is 11.9 Å². The lowest BCUT2D eigenvalue weighted by Gasteiger charge is -2.15. The molecule has 0 bridgehead atoms. The van der Waals surface area contributed by atoms with Crippen LogP contribution in [0.25, 0.3) is 0 Å². The number of carboxylic acid groups (broad SMARTS) is 1. The number of pyridine rings is 1. The number of carboxylic acids is 1. The summed E-state index contributed by atoms with van der Waals surface area (Å²) < 4.78 is 5.05. The van der Waals surface area contributed by atoms with E-state index < -0.39 is 5.97 Å². The molecule has 1 heterocycles. The van der Waals surface area contributed by atoms with Crippen molar-refractivity contribution in [3.05, 3.63) is 58.9 Å². The van der Waals surface area contributed by atoms with Crippen LogP contribution in [0.5, 0.6) is 5.75 Å². The summed E-state index contributed by atoms with van der Waals surface area (Å²) in [5, 5.41) is 11.9. The molecule has 0 radical (unpaired) electrons. The summed E-state index contributed by atoms with van der Waals surface area (Å²) in [6.07, 6.45) is 1.70. The van der Waals surface area contributed by atoms with E-state index in [0.717, 1.165) is 11.3 Å². The Balaban J connectivity index is 2.21. The minimum absolute atomic E-state index is 0.000782. The van der Waals surface area contributed by atoms with Crippen LogP contribution in [0.1, 0.15) is 44.9 Å². The van der Waals surface area contributed by atoms with E-state index in [0.29, 0.717) is 5.75 Å². The van der Waals surface area contributed by atoms with Gasteiger partial charge in [0.15, 0.2) is 0 Å². The molecular weight excluding hydrogens is 296 g/mol. The van der Waals surface area contributed by atoms with Crippen molar-refractivity contribution < 1.29 is 19.4 Å². The van der Waals surface area contributed by atoms with Crippen molar-refractivity contribution in [1.29, 1.82) is 0 Å². The number of aromatic carboxylic acids is 1. The van der Waals surface area contributed by atoms with Gasteiger partial charge in [0.25, 0.3) is 5.91 Å². The highest BCUT2D eigenvalue weighted by molar-refractivity contribution is 5.98. The van der Waals surface area contributed by atoms with Gasteiger partial charge in [0.1, 0.15) is 5.75 Å². The smallest absolute Gasteiger partial charge is 0.335 e. The molecule has 0 fully saturated rings. The molecule has 0 saturated carbocycles. The highest BCUT2D eigenvalue weighted by Gasteiger charge is 2.15. The van der Waals surface area contributed by atoms with E-state index >= 15 is 0 Å². The third kappa shape index (κ3) is 4.06. The topological polar surface area (TPSA) is 88.5 Å². The lowest BCUT2D eigenvalue weighted by molar-refractivity contribution is 0.0696. The molecule has 0 saturated heterocycles. The fourth-order valence-corrected chi connectivity index (χ4v) is 2.07. The summed E-state index contributed by atoms with van der Waals surface area (Å²) in [5.41, 5.74) is 1.99. The molecule has 1 aromatic carbocycles. The minimum atomic E-state index is -1.12. The zero-order chi connectivity index (χ0) is 17.0. The molecule has 6 nitrogen and oxygen atoms in total. The van der Waals surface area contributed by atoms with E-state index in [1.54, 1.807) is 6.20 Å². The summed E-state index contributed by atoms with van der Waals surface area (Å²) in [6.45, 7) is 3.72. The van der Waals surface area contributed by atoms with Crippen LogP contribution in [0.2, 0.25) is 0 Å². The molecular formula is C17H18N2O4. The van der Waals surface area contributed by atoms with Gasteiger partial charge in [-0.05, 0) is 43.7 Å². The highest BCUT2D eigenvalue weighted by atomic mass is 16.5.